The number of pyridine rings is 1. The number of benzene rings is 2. The number of carbonyl (C=O) groups excluding carboxylic acids is 2. The summed E-state index contributed by atoms with van der Waals surface area (Å²) in [6, 6.07) is 22.2. The maximum Gasteiger partial charge on any atom is 0.312 e. The molecule has 0 fully saturated rings. The molecule has 0 saturated heterocycles. The highest BCUT2D eigenvalue weighted by atomic mass is 35.5. The van der Waals surface area contributed by atoms with Crippen LogP contribution in [0.15, 0.2) is 66.7 Å². The van der Waals surface area contributed by atoms with Gasteiger partial charge in [0, 0.05) is 18.7 Å². The first-order valence-electron chi connectivity index (χ1n) is 14.7. The topological polar surface area (TPSA) is 77.5 Å². The Labute approximate surface area is 257 Å². The van der Waals surface area contributed by atoms with Gasteiger partial charge in [0.25, 0.3) is 0 Å². The van der Waals surface area contributed by atoms with Crippen molar-refractivity contribution in [3.8, 4) is 0 Å². The molecule has 0 aliphatic carbocycles. The summed E-state index contributed by atoms with van der Waals surface area (Å²) < 4.78 is 11.1. The highest BCUT2D eigenvalue weighted by Crippen LogP contribution is 2.33. The van der Waals surface area contributed by atoms with Gasteiger partial charge in [0.15, 0.2) is 0 Å². The smallest absolute Gasteiger partial charge is 0.312 e. The fourth-order valence-electron chi connectivity index (χ4n) is 4.70. The van der Waals surface area contributed by atoms with E-state index in [0.717, 1.165) is 36.2 Å². The molecule has 226 valence electrons. The first-order chi connectivity index (χ1) is 19.9. The van der Waals surface area contributed by atoms with Crippen LogP contribution in [0.4, 0.5) is 5.69 Å². The standard InChI is InChI=1S/C35H44N2O4.ClH/c1-5-35(6-2,34(39)41-7-3)25-33(38)37-31-15-10-13-29(24-31)21-22-30-14-11-16-32(36-30)26-40-23-9-8-12-28-19-17-27(4)18-20-28;/h10-11,13-22,24H,5-9,12,23,25-26H2,1-4H3,(H,37,38);1H/b22-21+;. The Morgan fingerprint density at radius 1 is 0.929 bits per heavy atom. The molecular weight excluding hydrogens is 548 g/mol. The number of aromatic nitrogens is 1. The number of rotatable bonds is 16. The maximum atomic E-state index is 12.8. The number of nitrogens with one attached hydrogen (secondary N) is 1. The lowest BCUT2D eigenvalue weighted by Crippen LogP contribution is -2.36. The molecule has 0 radical (unpaired) electrons. The molecule has 1 amide bonds. The van der Waals surface area contributed by atoms with Crippen molar-refractivity contribution in [1.82, 2.24) is 4.98 Å². The normalized spacial score (nSPS) is 11.2. The number of hydrogen-bond acceptors (Lipinski definition) is 5. The summed E-state index contributed by atoms with van der Waals surface area (Å²) in [4.78, 5) is 30.1. The molecule has 0 bridgehead atoms. The number of nitrogens with zero attached hydrogens (tertiary/aromatic N) is 1. The van der Waals surface area contributed by atoms with E-state index in [1.807, 2.05) is 68.5 Å². The number of aryl methyl sites for hydroxylation is 2. The predicted octanol–water partition coefficient (Wildman–Crippen LogP) is 8.22. The van der Waals surface area contributed by atoms with Gasteiger partial charge in [-0.2, -0.15) is 0 Å². The van der Waals surface area contributed by atoms with Crippen LogP contribution >= 0.6 is 12.4 Å². The Morgan fingerprint density at radius 3 is 2.38 bits per heavy atom. The zero-order chi connectivity index (χ0) is 29.5. The SMILES string of the molecule is CCOC(=O)C(CC)(CC)CC(=O)Nc1cccc(/C=C/c2cccc(COCCCCc3ccc(C)cc3)n2)c1.Cl. The number of hydrogen-bond donors (Lipinski definition) is 1. The van der Waals surface area contributed by atoms with Crippen LogP contribution in [-0.2, 0) is 32.1 Å². The summed E-state index contributed by atoms with van der Waals surface area (Å²) in [5.74, 6) is -0.512. The molecule has 1 heterocycles. The second-order valence-electron chi connectivity index (χ2n) is 10.4. The van der Waals surface area contributed by atoms with Crippen LogP contribution in [0.1, 0.15) is 81.0 Å². The molecule has 7 heteroatoms. The lowest BCUT2D eigenvalue weighted by Gasteiger charge is -2.28. The minimum atomic E-state index is -0.806. The number of ether oxygens (including phenoxy) is 2. The van der Waals surface area contributed by atoms with E-state index in [4.69, 9.17) is 14.5 Å². The summed E-state index contributed by atoms with van der Waals surface area (Å²) in [5.41, 5.74) is 5.20. The Morgan fingerprint density at radius 2 is 1.67 bits per heavy atom. The minimum Gasteiger partial charge on any atom is -0.466 e. The van der Waals surface area contributed by atoms with Crippen molar-refractivity contribution < 1.29 is 19.1 Å². The zero-order valence-corrected chi connectivity index (χ0v) is 26.2. The number of carbonyl (C=O) groups is 2. The average molecular weight is 593 g/mol. The van der Waals surface area contributed by atoms with Gasteiger partial charge < -0.3 is 14.8 Å². The number of anilines is 1. The highest BCUT2D eigenvalue weighted by molar-refractivity contribution is 5.95. The number of halogens is 1. The minimum absolute atomic E-state index is 0. The van der Waals surface area contributed by atoms with E-state index in [2.05, 4.69) is 36.5 Å². The quantitative estimate of drug-likeness (QED) is 0.134. The molecular formula is C35H45ClN2O4. The molecule has 42 heavy (non-hydrogen) atoms. The molecule has 0 aliphatic rings. The monoisotopic (exact) mass is 592 g/mol. The first-order valence-corrected chi connectivity index (χ1v) is 14.7. The molecule has 1 aromatic heterocycles. The van der Waals surface area contributed by atoms with Gasteiger partial charge in [-0.25, -0.2) is 0 Å². The van der Waals surface area contributed by atoms with Crippen molar-refractivity contribution in [3.63, 3.8) is 0 Å². The van der Waals surface area contributed by atoms with Gasteiger partial charge in [-0.05, 0) is 87.4 Å². The Kier molecular flexibility index (Phi) is 15.0. The second kappa shape index (κ2) is 18.1. The van der Waals surface area contributed by atoms with E-state index >= 15 is 0 Å². The summed E-state index contributed by atoms with van der Waals surface area (Å²) >= 11 is 0. The van der Waals surface area contributed by atoms with Crippen LogP contribution in [0, 0.1) is 12.3 Å². The first kappa shape index (κ1) is 34.7. The molecule has 0 unspecified atom stereocenters. The van der Waals surface area contributed by atoms with Crippen LogP contribution in [-0.4, -0.2) is 30.1 Å². The van der Waals surface area contributed by atoms with E-state index in [-0.39, 0.29) is 30.7 Å². The molecule has 3 aromatic rings. The molecule has 0 saturated carbocycles. The number of amides is 1. The van der Waals surface area contributed by atoms with Crippen LogP contribution < -0.4 is 5.32 Å². The molecule has 0 spiro atoms. The van der Waals surface area contributed by atoms with Crippen LogP contribution in [0.5, 0.6) is 0 Å². The number of unbranched alkanes of at least 4 members (excludes halogenated alkanes) is 1. The largest absolute Gasteiger partial charge is 0.466 e. The summed E-state index contributed by atoms with van der Waals surface area (Å²) in [7, 11) is 0. The maximum absolute atomic E-state index is 12.8. The van der Waals surface area contributed by atoms with Gasteiger partial charge in [0.05, 0.1) is 30.0 Å². The van der Waals surface area contributed by atoms with E-state index in [9.17, 15) is 9.59 Å². The second-order valence-corrected chi connectivity index (χ2v) is 10.4. The van der Waals surface area contributed by atoms with Crippen molar-refractivity contribution in [3.05, 3.63) is 94.8 Å². The lowest BCUT2D eigenvalue weighted by atomic mass is 9.79. The zero-order valence-electron chi connectivity index (χ0n) is 25.4. The molecule has 0 atom stereocenters. The Balaban J connectivity index is 0.00000616. The van der Waals surface area contributed by atoms with E-state index in [1.54, 1.807) is 6.92 Å². The fraction of sp³-hybridized carbons (Fsp3) is 0.400. The Hall–Kier alpha value is -3.48. The molecule has 0 aliphatic heterocycles. The van der Waals surface area contributed by atoms with Crippen molar-refractivity contribution in [2.45, 2.75) is 72.8 Å². The van der Waals surface area contributed by atoms with Gasteiger partial charge in [-0.15, -0.1) is 12.4 Å². The highest BCUT2D eigenvalue weighted by Gasteiger charge is 2.38. The molecule has 1 N–H and O–H groups in total. The lowest BCUT2D eigenvalue weighted by molar-refractivity contribution is -0.158. The predicted molar refractivity (Wildman–Crippen MR) is 174 cm³/mol. The number of esters is 1. The van der Waals surface area contributed by atoms with Gasteiger partial charge in [0.2, 0.25) is 5.91 Å². The van der Waals surface area contributed by atoms with Crippen molar-refractivity contribution in [2.75, 3.05) is 18.5 Å². The third kappa shape index (κ3) is 11.1. The van der Waals surface area contributed by atoms with Gasteiger partial charge in [-0.3, -0.25) is 14.6 Å². The van der Waals surface area contributed by atoms with Crippen molar-refractivity contribution >= 4 is 42.1 Å². The van der Waals surface area contributed by atoms with E-state index < -0.39 is 5.41 Å². The van der Waals surface area contributed by atoms with Crippen molar-refractivity contribution in [1.29, 1.82) is 0 Å². The summed E-state index contributed by atoms with van der Waals surface area (Å²) in [5, 5.41) is 2.95. The summed E-state index contributed by atoms with van der Waals surface area (Å²) in [6.07, 6.45) is 8.28. The van der Waals surface area contributed by atoms with Crippen molar-refractivity contribution in [2.24, 2.45) is 5.41 Å². The van der Waals surface area contributed by atoms with Crippen LogP contribution in [0.3, 0.4) is 0 Å². The third-order valence-electron chi connectivity index (χ3n) is 7.38. The van der Waals surface area contributed by atoms with Gasteiger partial charge in [-0.1, -0.05) is 68.0 Å². The average Bonchev–Trinajstić information content (AvgIpc) is 2.98. The van der Waals surface area contributed by atoms with Gasteiger partial charge >= 0.3 is 5.97 Å². The molecule has 2 aromatic carbocycles. The third-order valence-corrected chi connectivity index (χ3v) is 7.38. The van der Waals surface area contributed by atoms with E-state index in [0.29, 0.717) is 38.3 Å². The molecule has 3 rings (SSSR count). The summed E-state index contributed by atoms with van der Waals surface area (Å²) in [6.45, 7) is 9.22. The van der Waals surface area contributed by atoms with Crippen LogP contribution in [0.2, 0.25) is 0 Å². The fourth-order valence-corrected chi connectivity index (χ4v) is 4.70. The Bertz CT molecular complexity index is 1290. The molecule has 6 nitrogen and oxygen atoms in total. The van der Waals surface area contributed by atoms with Crippen LogP contribution in [0.25, 0.3) is 12.2 Å². The van der Waals surface area contributed by atoms with E-state index in [1.165, 1.54) is 11.1 Å². The van der Waals surface area contributed by atoms with Gasteiger partial charge in [0.1, 0.15) is 0 Å².